The lowest BCUT2D eigenvalue weighted by atomic mass is 10.2. The average Bonchev–Trinajstić information content (AvgIpc) is 3.00. The van der Waals surface area contributed by atoms with Crippen molar-refractivity contribution in [3.8, 4) is 11.9 Å². The number of rotatable bonds is 5. The van der Waals surface area contributed by atoms with E-state index >= 15 is 0 Å². The number of pyridine rings is 1. The second-order valence-corrected chi connectivity index (χ2v) is 8.47. The number of hydrogen-bond acceptors (Lipinski definition) is 6. The van der Waals surface area contributed by atoms with Crippen molar-refractivity contribution < 1.29 is 13.2 Å². The van der Waals surface area contributed by atoms with Gasteiger partial charge in [-0.25, -0.2) is 13.4 Å². The monoisotopic (exact) mass is 349 g/mol. The molecule has 1 fully saturated rings. The summed E-state index contributed by atoms with van der Waals surface area (Å²) in [5.41, 5.74) is 0.458. The molecule has 8 heteroatoms. The minimum atomic E-state index is -3.42. The van der Waals surface area contributed by atoms with Crippen molar-refractivity contribution in [3.63, 3.8) is 0 Å². The van der Waals surface area contributed by atoms with Gasteiger partial charge < -0.3 is 4.74 Å². The van der Waals surface area contributed by atoms with Crippen LogP contribution in [0.1, 0.15) is 17.4 Å². The number of nitrogens with zero attached hydrogens (tertiary/aromatic N) is 3. The Morgan fingerprint density at radius 3 is 2.74 bits per heavy atom. The zero-order chi connectivity index (χ0) is 16.4. The molecule has 0 spiro atoms. The zero-order valence-corrected chi connectivity index (χ0v) is 14.1. The van der Waals surface area contributed by atoms with Crippen molar-refractivity contribution in [2.75, 3.05) is 13.1 Å². The second-order valence-electron chi connectivity index (χ2n) is 5.13. The van der Waals surface area contributed by atoms with Crippen LogP contribution in [-0.2, 0) is 16.4 Å². The highest BCUT2D eigenvalue weighted by molar-refractivity contribution is 7.91. The Morgan fingerprint density at radius 2 is 2.17 bits per heavy atom. The maximum Gasteiger partial charge on any atom is 0.252 e. The Bertz CT molecular complexity index is 832. The van der Waals surface area contributed by atoms with Gasteiger partial charge in [0.2, 0.25) is 5.88 Å². The lowest BCUT2D eigenvalue weighted by Gasteiger charge is -2.37. The largest absolute Gasteiger partial charge is 0.472 e. The normalized spacial score (nSPS) is 15.8. The number of aromatic nitrogens is 1. The minimum absolute atomic E-state index is 0.212. The second kappa shape index (κ2) is 6.28. The smallest absolute Gasteiger partial charge is 0.252 e. The van der Waals surface area contributed by atoms with E-state index in [0.717, 1.165) is 11.3 Å². The molecule has 1 aliphatic heterocycles. The van der Waals surface area contributed by atoms with Crippen LogP contribution in [0.3, 0.4) is 0 Å². The van der Waals surface area contributed by atoms with Crippen molar-refractivity contribution >= 4 is 21.4 Å². The van der Waals surface area contributed by atoms with E-state index < -0.39 is 10.0 Å². The highest BCUT2D eigenvalue weighted by Crippen LogP contribution is 2.29. The van der Waals surface area contributed by atoms with Crippen molar-refractivity contribution in [1.29, 1.82) is 5.26 Å². The predicted molar refractivity (Wildman–Crippen MR) is 85.8 cm³/mol. The molecule has 0 bridgehead atoms. The summed E-state index contributed by atoms with van der Waals surface area (Å²) < 4.78 is 32.3. The number of thiophene rings is 1. The van der Waals surface area contributed by atoms with Crippen molar-refractivity contribution in [2.45, 2.75) is 23.7 Å². The Hall–Kier alpha value is -1.95. The summed E-state index contributed by atoms with van der Waals surface area (Å²) in [6.45, 7) is 2.62. The molecule has 0 amide bonds. The molecule has 3 rings (SSSR count). The topological polar surface area (TPSA) is 83.3 Å². The molecule has 0 N–H and O–H groups in total. The van der Waals surface area contributed by atoms with E-state index in [-0.39, 0.29) is 6.10 Å². The highest BCUT2D eigenvalue weighted by atomic mass is 32.2. The summed E-state index contributed by atoms with van der Waals surface area (Å²) >= 11 is 1.31. The van der Waals surface area contributed by atoms with Crippen molar-refractivity contribution in [3.05, 3.63) is 40.9 Å². The van der Waals surface area contributed by atoms with E-state index in [1.807, 2.05) is 19.1 Å². The van der Waals surface area contributed by atoms with Gasteiger partial charge in [0.15, 0.2) is 0 Å². The maximum atomic E-state index is 12.5. The van der Waals surface area contributed by atoms with Crippen LogP contribution in [0.15, 0.2) is 34.7 Å². The Balaban J connectivity index is 1.60. The number of nitriles is 1. The lowest BCUT2D eigenvalue weighted by Crippen LogP contribution is -2.55. The van der Waals surface area contributed by atoms with Gasteiger partial charge >= 0.3 is 0 Å². The molecule has 6 nitrogen and oxygen atoms in total. The fourth-order valence-corrected chi connectivity index (χ4v) is 5.13. The van der Waals surface area contributed by atoms with Crippen LogP contribution in [-0.4, -0.2) is 36.9 Å². The summed E-state index contributed by atoms with van der Waals surface area (Å²) in [6.07, 6.45) is 2.05. The standard InChI is InChI=1S/C15H15N3O3S2/c1-2-13-4-6-15(22-13)23(19,20)18-9-12(10-18)21-14-5-3-11(7-16)8-17-14/h3-6,8,12H,2,9-10H2,1H3. The van der Waals surface area contributed by atoms with Gasteiger partial charge in [0, 0.05) is 17.1 Å². The highest BCUT2D eigenvalue weighted by Gasteiger charge is 2.39. The summed E-state index contributed by atoms with van der Waals surface area (Å²) in [7, 11) is -3.42. The summed E-state index contributed by atoms with van der Waals surface area (Å²) in [5.74, 6) is 0.399. The van der Waals surface area contributed by atoms with E-state index in [2.05, 4.69) is 4.98 Å². The zero-order valence-electron chi connectivity index (χ0n) is 12.5. The molecule has 2 aromatic heterocycles. The van der Waals surface area contributed by atoms with Gasteiger partial charge in [-0.15, -0.1) is 11.3 Å². The van der Waals surface area contributed by atoms with E-state index in [4.69, 9.17) is 10.00 Å². The molecule has 1 aliphatic rings. The molecule has 0 aliphatic carbocycles. The van der Waals surface area contributed by atoms with Crippen LogP contribution in [0.4, 0.5) is 0 Å². The van der Waals surface area contributed by atoms with Gasteiger partial charge in [0.1, 0.15) is 16.4 Å². The number of sulfonamides is 1. The van der Waals surface area contributed by atoms with Crippen LogP contribution in [0, 0.1) is 11.3 Å². The van der Waals surface area contributed by atoms with Gasteiger partial charge in [-0.3, -0.25) is 0 Å². The van der Waals surface area contributed by atoms with Crippen LogP contribution in [0.5, 0.6) is 5.88 Å². The van der Waals surface area contributed by atoms with Crippen molar-refractivity contribution in [1.82, 2.24) is 9.29 Å². The quantitative estimate of drug-likeness (QED) is 0.825. The third kappa shape index (κ3) is 3.22. The van der Waals surface area contributed by atoms with Crippen molar-refractivity contribution in [2.24, 2.45) is 0 Å². The number of aryl methyl sites for hydroxylation is 1. The first-order valence-electron chi connectivity index (χ1n) is 7.14. The minimum Gasteiger partial charge on any atom is -0.472 e. The predicted octanol–water partition coefficient (Wildman–Crippen LogP) is 2.03. The van der Waals surface area contributed by atoms with Gasteiger partial charge in [0.05, 0.1) is 18.7 Å². The van der Waals surface area contributed by atoms with Crippen LogP contribution in [0.25, 0.3) is 0 Å². The summed E-state index contributed by atoms with van der Waals surface area (Å²) in [4.78, 5) is 5.07. The fourth-order valence-electron chi connectivity index (χ4n) is 2.17. The molecule has 120 valence electrons. The van der Waals surface area contributed by atoms with Crippen LogP contribution >= 0.6 is 11.3 Å². The first-order chi connectivity index (χ1) is 11.0. The van der Waals surface area contributed by atoms with E-state index in [1.165, 1.54) is 21.8 Å². The van der Waals surface area contributed by atoms with Gasteiger partial charge in [-0.05, 0) is 24.6 Å². The fraction of sp³-hybridized carbons (Fsp3) is 0.333. The van der Waals surface area contributed by atoms with E-state index in [1.54, 1.807) is 18.2 Å². The Morgan fingerprint density at radius 1 is 1.39 bits per heavy atom. The Labute approximate surface area is 139 Å². The Kier molecular flexibility index (Phi) is 4.35. The lowest BCUT2D eigenvalue weighted by molar-refractivity contribution is 0.0722. The molecule has 0 unspecified atom stereocenters. The van der Waals surface area contributed by atoms with Gasteiger partial charge in [-0.1, -0.05) is 6.92 Å². The number of ether oxygens (including phenoxy) is 1. The van der Waals surface area contributed by atoms with Crippen LogP contribution in [0.2, 0.25) is 0 Å². The van der Waals surface area contributed by atoms with E-state index in [0.29, 0.717) is 28.7 Å². The molecule has 0 atom stereocenters. The molecule has 0 saturated carbocycles. The molecule has 0 aromatic carbocycles. The molecule has 2 aromatic rings. The first-order valence-corrected chi connectivity index (χ1v) is 9.40. The first kappa shape index (κ1) is 15.9. The van der Waals surface area contributed by atoms with Crippen LogP contribution < -0.4 is 4.74 Å². The molecule has 0 radical (unpaired) electrons. The average molecular weight is 349 g/mol. The van der Waals surface area contributed by atoms with Gasteiger partial charge in [-0.2, -0.15) is 9.57 Å². The third-order valence-corrected chi connectivity index (χ3v) is 7.08. The summed E-state index contributed by atoms with van der Waals surface area (Å²) in [6, 6.07) is 8.73. The van der Waals surface area contributed by atoms with Gasteiger partial charge in [0.25, 0.3) is 10.0 Å². The molecule has 3 heterocycles. The summed E-state index contributed by atoms with van der Waals surface area (Å²) in [5, 5.41) is 8.72. The molecule has 1 saturated heterocycles. The third-order valence-electron chi connectivity index (χ3n) is 3.55. The molecule has 23 heavy (non-hydrogen) atoms. The molecular weight excluding hydrogens is 334 g/mol. The number of hydrogen-bond donors (Lipinski definition) is 0. The SMILES string of the molecule is CCc1ccc(S(=O)(=O)N2CC(Oc3ccc(C#N)cn3)C2)s1. The maximum absolute atomic E-state index is 12.5. The molecular formula is C15H15N3O3S2. The van der Waals surface area contributed by atoms with E-state index in [9.17, 15) is 8.42 Å².